The van der Waals surface area contributed by atoms with Crippen LogP contribution in [0.25, 0.3) is 11.3 Å². The summed E-state index contributed by atoms with van der Waals surface area (Å²) in [6.07, 6.45) is 0.661. The maximum atomic E-state index is 10.8. The van der Waals surface area contributed by atoms with Gasteiger partial charge in [0.25, 0.3) is 0 Å². The average molecular weight is 313 g/mol. The minimum absolute atomic E-state index is 0.260. The molecule has 0 aliphatic rings. The molecule has 1 aromatic heterocycles. The molecule has 0 unspecified atom stereocenters. The summed E-state index contributed by atoms with van der Waals surface area (Å²) in [5, 5.41) is 0.474. The van der Waals surface area contributed by atoms with Gasteiger partial charge in [0.05, 0.1) is 10.6 Å². The van der Waals surface area contributed by atoms with E-state index < -0.39 is 0 Å². The van der Waals surface area contributed by atoms with Crippen molar-refractivity contribution < 1.29 is 13.9 Å². The van der Waals surface area contributed by atoms with E-state index in [-0.39, 0.29) is 5.76 Å². The third-order valence-corrected chi connectivity index (χ3v) is 3.51. The number of carbonyl (C=O) groups excluding carboxylic acids is 1. The molecule has 0 aliphatic carbocycles. The molecule has 0 spiro atoms. The van der Waals surface area contributed by atoms with Crippen molar-refractivity contribution in [3.63, 3.8) is 0 Å². The highest BCUT2D eigenvalue weighted by atomic mass is 35.5. The highest BCUT2D eigenvalue weighted by Crippen LogP contribution is 2.39. The second-order valence-electron chi connectivity index (χ2n) is 4.85. The van der Waals surface area contributed by atoms with Crippen LogP contribution in [0.15, 0.2) is 59.0 Å². The lowest BCUT2D eigenvalue weighted by molar-refractivity contribution is 0.110. The van der Waals surface area contributed by atoms with E-state index in [9.17, 15) is 4.79 Å². The molecule has 0 saturated carbocycles. The molecule has 3 rings (SSSR count). The van der Waals surface area contributed by atoms with Crippen LogP contribution < -0.4 is 4.74 Å². The molecular formula is C18H13ClO3. The van der Waals surface area contributed by atoms with Gasteiger partial charge in [-0.3, -0.25) is 4.79 Å². The van der Waals surface area contributed by atoms with Gasteiger partial charge in [0.15, 0.2) is 17.8 Å². The number of hydrogen-bond acceptors (Lipinski definition) is 3. The number of rotatable bonds is 4. The maximum absolute atomic E-state index is 10.8. The molecule has 0 radical (unpaired) electrons. The first-order valence-corrected chi connectivity index (χ1v) is 7.13. The van der Waals surface area contributed by atoms with E-state index >= 15 is 0 Å². The van der Waals surface area contributed by atoms with E-state index in [1.807, 2.05) is 43.3 Å². The van der Waals surface area contributed by atoms with Gasteiger partial charge in [0.2, 0.25) is 0 Å². The summed E-state index contributed by atoms with van der Waals surface area (Å²) in [5.41, 5.74) is 1.84. The van der Waals surface area contributed by atoms with E-state index in [0.717, 1.165) is 5.56 Å². The predicted octanol–water partition coefficient (Wildman–Crippen LogP) is 5.51. The number of benzene rings is 2. The van der Waals surface area contributed by atoms with Crippen LogP contribution in [0.1, 0.15) is 16.1 Å². The van der Waals surface area contributed by atoms with E-state index in [1.54, 1.807) is 18.2 Å². The van der Waals surface area contributed by atoms with Crippen LogP contribution in [0, 0.1) is 6.92 Å². The number of carbonyl (C=O) groups is 1. The summed E-state index contributed by atoms with van der Waals surface area (Å²) in [6.45, 7) is 2.01. The zero-order valence-electron chi connectivity index (χ0n) is 11.9. The van der Waals surface area contributed by atoms with Crippen LogP contribution in [0.2, 0.25) is 5.02 Å². The first-order chi connectivity index (χ1) is 10.7. The minimum atomic E-state index is 0.260. The molecule has 2 aromatic carbocycles. The fraction of sp³-hybridized carbons (Fsp3) is 0.0556. The number of furan rings is 1. The number of aryl methyl sites for hydroxylation is 1. The molecule has 0 atom stereocenters. The Morgan fingerprint density at radius 3 is 2.50 bits per heavy atom. The standard InChI is InChI=1S/C18H13ClO3/c1-12-5-7-13(8-6-12)22-18-15(3-2-4-16(18)19)17-10-9-14(11-20)21-17/h2-11H,1H3. The Bertz CT molecular complexity index is 803. The van der Waals surface area contributed by atoms with Gasteiger partial charge < -0.3 is 9.15 Å². The molecule has 0 N–H and O–H groups in total. The summed E-state index contributed by atoms with van der Waals surface area (Å²) in [4.78, 5) is 10.8. The molecule has 1 heterocycles. The quantitative estimate of drug-likeness (QED) is 0.596. The van der Waals surface area contributed by atoms with E-state index in [0.29, 0.717) is 34.1 Å². The SMILES string of the molecule is Cc1ccc(Oc2c(Cl)cccc2-c2ccc(C=O)o2)cc1. The number of halogens is 1. The molecule has 4 heteroatoms. The smallest absolute Gasteiger partial charge is 0.185 e. The normalized spacial score (nSPS) is 10.5. The van der Waals surface area contributed by atoms with Crippen molar-refractivity contribution in [1.82, 2.24) is 0 Å². The van der Waals surface area contributed by atoms with Crippen LogP contribution in [0.4, 0.5) is 0 Å². The molecule has 3 nitrogen and oxygen atoms in total. The number of hydrogen-bond donors (Lipinski definition) is 0. The Kier molecular flexibility index (Phi) is 3.98. The first-order valence-electron chi connectivity index (χ1n) is 6.76. The monoisotopic (exact) mass is 312 g/mol. The topological polar surface area (TPSA) is 39.4 Å². The summed E-state index contributed by atoms with van der Waals surface area (Å²) in [5.74, 6) is 1.98. The predicted molar refractivity (Wildman–Crippen MR) is 85.8 cm³/mol. The van der Waals surface area contributed by atoms with Gasteiger partial charge in [-0.05, 0) is 43.3 Å². The van der Waals surface area contributed by atoms with Crippen LogP contribution in [0.3, 0.4) is 0 Å². The molecular weight excluding hydrogens is 300 g/mol. The van der Waals surface area contributed by atoms with E-state index in [1.165, 1.54) is 0 Å². The summed E-state index contributed by atoms with van der Waals surface area (Å²) >= 11 is 6.26. The zero-order valence-corrected chi connectivity index (χ0v) is 12.6. The van der Waals surface area contributed by atoms with Gasteiger partial charge in [-0.2, -0.15) is 0 Å². The second kappa shape index (κ2) is 6.08. The highest BCUT2D eigenvalue weighted by Gasteiger charge is 2.14. The average Bonchev–Trinajstić information content (AvgIpc) is 3.00. The van der Waals surface area contributed by atoms with Gasteiger partial charge in [-0.25, -0.2) is 0 Å². The minimum Gasteiger partial charge on any atom is -0.455 e. The molecule has 0 saturated heterocycles. The number of para-hydroxylation sites is 1. The number of ether oxygens (including phenoxy) is 1. The van der Waals surface area contributed by atoms with Crippen molar-refractivity contribution in [2.75, 3.05) is 0 Å². The fourth-order valence-electron chi connectivity index (χ4n) is 2.09. The Balaban J connectivity index is 2.02. The summed E-state index contributed by atoms with van der Waals surface area (Å²) < 4.78 is 11.4. The zero-order chi connectivity index (χ0) is 15.5. The Labute approximate surface area is 133 Å². The molecule has 0 amide bonds. The molecule has 22 heavy (non-hydrogen) atoms. The lowest BCUT2D eigenvalue weighted by atomic mass is 10.1. The highest BCUT2D eigenvalue weighted by molar-refractivity contribution is 6.32. The number of aldehydes is 1. The van der Waals surface area contributed by atoms with E-state index in [2.05, 4.69) is 0 Å². The van der Waals surface area contributed by atoms with Crippen molar-refractivity contribution in [2.24, 2.45) is 0 Å². The van der Waals surface area contributed by atoms with Crippen LogP contribution in [-0.4, -0.2) is 6.29 Å². The lowest BCUT2D eigenvalue weighted by Crippen LogP contribution is -1.89. The van der Waals surface area contributed by atoms with Gasteiger partial charge in [-0.1, -0.05) is 35.4 Å². The lowest BCUT2D eigenvalue weighted by Gasteiger charge is -2.11. The second-order valence-corrected chi connectivity index (χ2v) is 5.26. The summed E-state index contributed by atoms with van der Waals surface area (Å²) in [7, 11) is 0. The molecule has 3 aromatic rings. The van der Waals surface area contributed by atoms with E-state index in [4.69, 9.17) is 20.8 Å². The summed E-state index contributed by atoms with van der Waals surface area (Å²) in [6, 6.07) is 16.4. The first kappa shape index (κ1) is 14.4. The largest absolute Gasteiger partial charge is 0.455 e. The van der Waals surface area contributed by atoms with Gasteiger partial charge in [0, 0.05) is 0 Å². The third kappa shape index (κ3) is 2.90. The van der Waals surface area contributed by atoms with Crippen LogP contribution in [-0.2, 0) is 0 Å². The van der Waals surface area contributed by atoms with Crippen molar-refractivity contribution in [1.29, 1.82) is 0 Å². The van der Waals surface area contributed by atoms with Crippen LogP contribution >= 0.6 is 11.6 Å². The maximum Gasteiger partial charge on any atom is 0.185 e. The van der Waals surface area contributed by atoms with Crippen molar-refractivity contribution in [2.45, 2.75) is 6.92 Å². The van der Waals surface area contributed by atoms with Crippen molar-refractivity contribution >= 4 is 17.9 Å². The van der Waals surface area contributed by atoms with Crippen molar-refractivity contribution in [3.8, 4) is 22.8 Å². The third-order valence-electron chi connectivity index (χ3n) is 3.22. The Hall–Kier alpha value is -2.52. The van der Waals surface area contributed by atoms with Gasteiger partial charge in [0.1, 0.15) is 11.5 Å². The van der Waals surface area contributed by atoms with Gasteiger partial charge >= 0.3 is 0 Å². The molecule has 0 bridgehead atoms. The fourth-order valence-corrected chi connectivity index (χ4v) is 2.30. The van der Waals surface area contributed by atoms with Gasteiger partial charge in [-0.15, -0.1) is 0 Å². The van der Waals surface area contributed by atoms with Crippen molar-refractivity contribution in [3.05, 3.63) is 70.9 Å². The Morgan fingerprint density at radius 2 is 1.82 bits per heavy atom. The molecule has 110 valence electrons. The van der Waals surface area contributed by atoms with Crippen LogP contribution in [0.5, 0.6) is 11.5 Å². The molecule has 0 aliphatic heterocycles. The molecule has 0 fully saturated rings. The Morgan fingerprint density at radius 1 is 1.05 bits per heavy atom.